The molecule has 8 atom stereocenters. The lowest BCUT2D eigenvalue weighted by atomic mass is 9.45. The summed E-state index contributed by atoms with van der Waals surface area (Å²) in [5.41, 5.74) is -2.95. The summed E-state index contributed by atoms with van der Waals surface area (Å²) in [7, 11) is 0. The van der Waals surface area contributed by atoms with Crippen molar-refractivity contribution in [3.8, 4) is 0 Å². The molecule has 0 aromatic heterocycles. The van der Waals surface area contributed by atoms with Gasteiger partial charge in [0.05, 0.1) is 15.3 Å². The van der Waals surface area contributed by atoms with Crippen LogP contribution in [0.2, 0.25) is 0 Å². The SMILES string of the molecule is CCC(=O)OCC(=O)[C@@]1(OC(=O)CC)CC[C@H]2[C@@H]3CCC4=CC(=O)C=C[C@]4(C)[C@@]3(Br)[C@@H](O)[C@@H](OC(=O)c3ccccc3)[C@@]21C. The highest BCUT2D eigenvalue weighted by Crippen LogP contribution is 2.72. The van der Waals surface area contributed by atoms with Crippen molar-refractivity contribution in [2.75, 3.05) is 6.61 Å². The van der Waals surface area contributed by atoms with Crippen LogP contribution in [-0.4, -0.2) is 63.3 Å². The first-order valence-corrected chi connectivity index (χ1v) is 16.1. The number of ketones is 2. The lowest BCUT2D eigenvalue weighted by molar-refractivity contribution is -0.230. The van der Waals surface area contributed by atoms with Crippen molar-refractivity contribution in [3.05, 3.63) is 59.7 Å². The number of hydrogen-bond acceptors (Lipinski definition) is 9. The topological polar surface area (TPSA) is 133 Å². The number of carbonyl (C=O) groups excluding carboxylic acids is 5. The number of allylic oxidation sites excluding steroid dienone is 4. The second-order valence-corrected chi connectivity index (χ2v) is 14.0. The number of hydrogen-bond donors (Lipinski definition) is 1. The molecule has 236 valence electrons. The van der Waals surface area contributed by atoms with Crippen LogP contribution in [0.15, 0.2) is 54.1 Å². The third-order valence-corrected chi connectivity index (χ3v) is 12.7. The zero-order valence-electron chi connectivity index (χ0n) is 25.5. The van der Waals surface area contributed by atoms with Crippen LogP contribution in [0, 0.1) is 22.7 Å². The van der Waals surface area contributed by atoms with Crippen molar-refractivity contribution in [1.82, 2.24) is 0 Å². The normalized spacial score (nSPS) is 37.1. The lowest BCUT2D eigenvalue weighted by Crippen LogP contribution is -2.75. The summed E-state index contributed by atoms with van der Waals surface area (Å²) in [6.07, 6.45) is 3.89. The molecule has 3 saturated carbocycles. The highest BCUT2D eigenvalue weighted by molar-refractivity contribution is 9.10. The van der Waals surface area contributed by atoms with Gasteiger partial charge in [-0.2, -0.15) is 0 Å². The molecule has 1 aromatic carbocycles. The van der Waals surface area contributed by atoms with Crippen LogP contribution in [0.25, 0.3) is 0 Å². The zero-order chi connectivity index (χ0) is 32.1. The number of carbonyl (C=O) groups is 5. The fourth-order valence-electron chi connectivity index (χ4n) is 8.43. The van der Waals surface area contributed by atoms with Crippen LogP contribution < -0.4 is 0 Å². The van der Waals surface area contributed by atoms with E-state index in [0.717, 1.165) is 5.57 Å². The van der Waals surface area contributed by atoms with Crippen LogP contribution >= 0.6 is 15.9 Å². The number of ether oxygens (including phenoxy) is 3. The van der Waals surface area contributed by atoms with Gasteiger partial charge in [-0.15, -0.1) is 0 Å². The van der Waals surface area contributed by atoms with Crippen LogP contribution in [0.1, 0.15) is 76.6 Å². The second kappa shape index (κ2) is 11.7. The van der Waals surface area contributed by atoms with E-state index in [1.165, 1.54) is 6.08 Å². The van der Waals surface area contributed by atoms with Gasteiger partial charge >= 0.3 is 17.9 Å². The van der Waals surface area contributed by atoms with Gasteiger partial charge in [0.1, 0.15) is 12.2 Å². The van der Waals surface area contributed by atoms with Gasteiger partial charge in [-0.25, -0.2) is 4.79 Å². The molecule has 0 amide bonds. The number of alkyl halides is 1. The van der Waals surface area contributed by atoms with Crippen molar-refractivity contribution < 1.29 is 43.3 Å². The molecule has 4 aliphatic rings. The predicted molar refractivity (Wildman–Crippen MR) is 163 cm³/mol. The first-order chi connectivity index (χ1) is 20.8. The molecular weight excluding hydrogens is 632 g/mol. The van der Waals surface area contributed by atoms with E-state index in [2.05, 4.69) is 15.9 Å². The van der Waals surface area contributed by atoms with Crippen LogP contribution in [0.5, 0.6) is 0 Å². The van der Waals surface area contributed by atoms with Gasteiger partial charge in [0.25, 0.3) is 0 Å². The van der Waals surface area contributed by atoms with Crippen LogP contribution in [0.3, 0.4) is 0 Å². The molecule has 0 unspecified atom stereocenters. The molecule has 5 rings (SSSR count). The molecule has 0 bridgehead atoms. The average molecular weight is 672 g/mol. The van der Waals surface area contributed by atoms with E-state index in [-0.39, 0.29) is 42.4 Å². The average Bonchev–Trinajstić information content (AvgIpc) is 3.32. The molecule has 0 aliphatic heterocycles. The van der Waals surface area contributed by atoms with Gasteiger partial charge in [-0.1, -0.05) is 73.5 Å². The van der Waals surface area contributed by atoms with E-state index in [1.54, 1.807) is 57.2 Å². The molecule has 9 nitrogen and oxygen atoms in total. The first kappa shape index (κ1) is 32.3. The van der Waals surface area contributed by atoms with E-state index < -0.39 is 63.3 Å². The maximum atomic E-state index is 14.2. The Balaban J connectivity index is 1.69. The van der Waals surface area contributed by atoms with Gasteiger partial charge in [0.2, 0.25) is 5.78 Å². The number of Topliss-reactive ketones (excluding diaryl/α,β-unsaturated/α-hetero) is 1. The molecule has 0 heterocycles. The quantitative estimate of drug-likeness (QED) is 0.234. The summed E-state index contributed by atoms with van der Waals surface area (Å²) in [5, 5.41) is 12.6. The van der Waals surface area contributed by atoms with Gasteiger partial charge in [-0.3, -0.25) is 19.2 Å². The molecule has 4 aliphatic carbocycles. The Bertz CT molecular complexity index is 1440. The van der Waals surface area contributed by atoms with E-state index in [4.69, 9.17) is 14.2 Å². The summed E-state index contributed by atoms with van der Waals surface area (Å²) in [5.74, 6) is -3.32. The fourth-order valence-corrected chi connectivity index (χ4v) is 9.60. The van der Waals surface area contributed by atoms with E-state index in [0.29, 0.717) is 19.3 Å². The fraction of sp³-hybridized carbons (Fsp3) is 0.559. The van der Waals surface area contributed by atoms with Crippen molar-refractivity contribution >= 4 is 45.4 Å². The first-order valence-electron chi connectivity index (χ1n) is 15.3. The number of halogens is 1. The minimum Gasteiger partial charge on any atom is -0.457 e. The van der Waals surface area contributed by atoms with Gasteiger partial charge in [0.15, 0.2) is 18.0 Å². The Morgan fingerprint density at radius 3 is 2.34 bits per heavy atom. The summed E-state index contributed by atoms with van der Waals surface area (Å²) in [6, 6.07) is 8.33. The lowest BCUT2D eigenvalue weighted by Gasteiger charge is -2.66. The van der Waals surface area contributed by atoms with Gasteiger partial charge in [-0.05, 0) is 61.8 Å². The number of benzene rings is 1. The molecule has 0 radical (unpaired) electrons. The number of rotatable bonds is 8. The van der Waals surface area contributed by atoms with Gasteiger partial charge < -0.3 is 19.3 Å². The van der Waals surface area contributed by atoms with E-state index >= 15 is 0 Å². The Kier molecular flexibility index (Phi) is 8.57. The molecule has 0 spiro atoms. The Labute approximate surface area is 265 Å². The summed E-state index contributed by atoms with van der Waals surface area (Å²) >= 11 is 3.99. The monoisotopic (exact) mass is 670 g/mol. The van der Waals surface area contributed by atoms with E-state index in [1.807, 2.05) is 13.0 Å². The minimum absolute atomic E-state index is 0.0155. The van der Waals surface area contributed by atoms with Crippen molar-refractivity contribution in [2.24, 2.45) is 22.7 Å². The summed E-state index contributed by atoms with van der Waals surface area (Å²) in [6.45, 7) is 6.31. The molecule has 1 N–H and O–H groups in total. The molecule has 3 fully saturated rings. The highest BCUT2D eigenvalue weighted by Gasteiger charge is 2.79. The maximum Gasteiger partial charge on any atom is 0.338 e. The second-order valence-electron chi connectivity index (χ2n) is 12.7. The van der Waals surface area contributed by atoms with Crippen LogP contribution in [0.4, 0.5) is 0 Å². The Hall–Kier alpha value is -3.11. The van der Waals surface area contributed by atoms with Crippen molar-refractivity contribution in [2.45, 2.75) is 88.4 Å². The van der Waals surface area contributed by atoms with E-state index in [9.17, 15) is 29.1 Å². The number of aliphatic hydroxyl groups excluding tert-OH is 1. The maximum absolute atomic E-state index is 14.2. The smallest absolute Gasteiger partial charge is 0.338 e. The molecule has 1 aromatic rings. The number of fused-ring (bicyclic) bond motifs is 5. The largest absolute Gasteiger partial charge is 0.457 e. The van der Waals surface area contributed by atoms with Crippen molar-refractivity contribution in [3.63, 3.8) is 0 Å². The van der Waals surface area contributed by atoms with Crippen molar-refractivity contribution in [1.29, 1.82) is 0 Å². The summed E-state index contributed by atoms with van der Waals surface area (Å²) in [4.78, 5) is 65.4. The number of aliphatic hydroxyl groups is 1. The molecule has 44 heavy (non-hydrogen) atoms. The third-order valence-electron chi connectivity index (χ3n) is 10.8. The Morgan fingerprint density at radius 1 is 1.00 bits per heavy atom. The van der Waals surface area contributed by atoms with Gasteiger partial charge in [0, 0.05) is 18.3 Å². The highest BCUT2D eigenvalue weighted by atomic mass is 79.9. The van der Waals surface area contributed by atoms with Crippen LogP contribution in [-0.2, 0) is 33.4 Å². The molecular formula is C34H39BrO9. The third kappa shape index (κ3) is 4.62. The molecule has 0 saturated heterocycles. The zero-order valence-corrected chi connectivity index (χ0v) is 27.1. The minimum atomic E-state index is -1.84. The number of esters is 3. The standard InChI is InChI=1S/C34H39BrO9/c1-5-26(38)42-19-25(37)33(44-27(39)6-2)17-15-23-24-13-12-21-18-22(36)14-16-31(21,3)34(24,35)28(40)29(32(23,33)4)43-30(41)20-10-8-7-9-11-20/h7-11,14,16,18,23-24,28-29,40H,5-6,12-13,15,17,19H2,1-4H3/t23-,24-,28-,29+,31-,32+,33-,34-/m0/s1. The Morgan fingerprint density at radius 2 is 1.68 bits per heavy atom. The summed E-state index contributed by atoms with van der Waals surface area (Å²) < 4.78 is 16.5. The predicted octanol–water partition coefficient (Wildman–Crippen LogP) is 4.83. The molecule has 10 heteroatoms.